The summed E-state index contributed by atoms with van der Waals surface area (Å²) in [6.07, 6.45) is 5.79. The quantitative estimate of drug-likeness (QED) is 0.383. The first-order valence-corrected chi connectivity index (χ1v) is 11.1. The molecule has 32 heavy (non-hydrogen) atoms. The lowest BCUT2D eigenvalue weighted by atomic mass is 9.76. The average molecular weight is 422 g/mol. The second-order valence-corrected chi connectivity index (χ2v) is 9.35. The number of hydrogen-bond donors (Lipinski definition) is 2. The molecule has 2 aromatic carbocycles. The van der Waals surface area contributed by atoms with Crippen LogP contribution in [-0.4, -0.2) is 15.8 Å². The molecule has 0 amide bonds. The predicted octanol–water partition coefficient (Wildman–Crippen LogP) is 6.57. The number of Topliss-reactive ketones (excluding diaryl/α,β-unsaturated/α-hetero) is 1. The maximum Gasteiger partial charge on any atom is 0.167 e. The van der Waals surface area contributed by atoms with Crippen molar-refractivity contribution in [2.75, 3.05) is 5.32 Å². The van der Waals surface area contributed by atoms with Crippen molar-refractivity contribution in [3.63, 3.8) is 0 Å². The highest BCUT2D eigenvalue weighted by molar-refractivity contribution is 6.07. The molecule has 2 aromatic heterocycles. The van der Waals surface area contributed by atoms with E-state index in [-0.39, 0.29) is 11.2 Å². The first-order valence-electron chi connectivity index (χ1n) is 11.1. The summed E-state index contributed by atoms with van der Waals surface area (Å²) in [5.41, 5.74) is 8.06. The molecule has 0 fully saturated rings. The van der Waals surface area contributed by atoms with Crippen LogP contribution in [0, 0.1) is 5.41 Å². The zero-order chi connectivity index (χ0) is 22.1. The van der Waals surface area contributed by atoms with Crippen LogP contribution in [0.1, 0.15) is 47.4 Å². The van der Waals surface area contributed by atoms with E-state index in [1.165, 1.54) is 11.1 Å². The number of nitrogens with one attached hydrogen (secondary N) is 2. The number of nitrogens with zero attached hydrogens (tertiary/aromatic N) is 1. The van der Waals surface area contributed by atoms with Crippen molar-refractivity contribution in [2.24, 2.45) is 5.41 Å². The molecule has 0 bridgehead atoms. The van der Waals surface area contributed by atoms with E-state index in [4.69, 9.17) is 0 Å². The molecular formula is C28H27N3O. The van der Waals surface area contributed by atoms with Gasteiger partial charge in [0.2, 0.25) is 0 Å². The molecule has 0 radical (unpaired) electrons. The predicted molar refractivity (Wildman–Crippen MR) is 129 cm³/mol. The Morgan fingerprint density at radius 1 is 0.938 bits per heavy atom. The second kappa shape index (κ2) is 8.12. The van der Waals surface area contributed by atoms with Gasteiger partial charge in [-0.2, -0.15) is 0 Å². The third-order valence-electron chi connectivity index (χ3n) is 6.13. The molecule has 2 N–H and O–H groups in total. The Morgan fingerprint density at radius 3 is 2.44 bits per heavy atom. The molecule has 1 aliphatic carbocycles. The number of H-pyrrole nitrogens is 1. The molecule has 0 saturated carbocycles. The summed E-state index contributed by atoms with van der Waals surface area (Å²) in [5.74, 6) is 0.191. The van der Waals surface area contributed by atoms with Crippen molar-refractivity contribution in [3.8, 4) is 11.3 Å². The summed E-state index contributed by atoms with van der Waals surface area (Å²) < 4.78 is 0. The number of carbonyl (C=O) groups excluding carboxylic acids is 1. The van der Waals surface area contributed by atoms with Gasteiger partial charge in [-0.05, 0) is 47.6 Å². The first-order chi connectivity index (χ1) is 15.5. The number of aromatic nitrogens is 2. The van der Waals surface area contributed by atoms with E-state index in [2.05, 4.69) is 71.6 Å². The lowest BCUT2D eigenvalue weighted by Gasteiger charge is -2.28. The van der Waals surface area contributed by atoms with Gasteiger partial charge in [-0.3, -0.25) is 9.78 Å². The minimum absolute atomic E-state index is 0.0487. The molecule has 5 rings (SSSR count). The zero-order valence-electron chi connectivity index (χ0n) is 18.5. The fraction of sp³-hybridized carbons (Fsp3) is 0.214. The van der Waals surface area contributed by atoms with Gasteiger partial charge >= 0.3 is 0 Å². The minimum atomic E-state index is -0.0487. The van der Waals surface area contributed by atoms with E-state index in [9.17, 15) is 4.79 Å². The minimum Gasteiger partial charge on any atom is -0.356 e. The van der Waals surface area contributed by atoms with Crippen LogP contribution in [0.3, 0.4) is 0 Å². The van der Waals surface area contributed by atoms with E-state index < -0.39 is 0 Å². The number of pyridine rings is 1. The Kier molecular flexibility index (Phi) is 5.14. The van der Waals surface area contributed by atoms with Gasteiger partial charge in [-0.1, -0.05) is 62.4 Å². The Bertz CT molecular complexity index is 1260. The summed E-state index contributed by atoms with van der Waals surface area (Å²) in [6.45, 7) is 4.31. The third-order valence-corrected chi connectivity index (χ3v) is 6.13. The topological polar surface area (TPSA) is 57.8 Å². The first kappa shape index (κ1) is 20.3. The maximum absolute atomic E-state index is 13.3. The van der Waals surface area contributed by atoms with Gasteiger partial charge < -0.3 is 10.3 Å². The largest absolute Gasteiger partial charge is 0.356 e. The summed E-state index contributed by atoms with van der Waals surface area (Å²) >= 11 is 0. The van der Waals surface area contributed by atoms with Crippen LogP contribution in [0.25, 0.3) is 11.3 Å². The van der Waals surface area contributed by atoms with Gasteiger partial charge in [0.05, 0.1) is 16.9 Å². The summed E-state index contributed by atoms with van der Waals surface area (Å²) in [7, 11) is 0. The zero-order valence-corrected chi connectivity index (χ0v) is 18.5. The normalized spacial score (nSPS) is 14.8. The van der Waals surface area contributed by atoms with Crippen LogP contribution in [0.15, 0.2) is 79.1 Å². The fourth-order valence-electron chi connectivity index (χ4n) is 4.66. The van der Waals surface area contributed by atoms with Gasteiger partial charge in [0.25, 0.3) is 0 Å². The van der Waals surface area contributed by atoms with Gasteiger partial charge in [-0.25, -0.2) is 0 Å². The van der Waals surface area contributed by atoms with E-state index in [1.807, 2.05) is 24.3 Å². The lowest BCUT2D eigenvalue weighted by Crippen LogP contribution is -2.26. The van der Waals surface area contributed by atoms with E-state index in [1.54, 1.807) is 12.4 Å². The van der Waals surface area contributed by atoms with Crippen molar-refractivity contribution in [3.05, 3.63) is 102 Å². The molecule has 0 aliphatic heterocycles. The third kappa shape index (κ3) is 3.96. The average Bonchev–Trinajstić information content (AvgIpc) is 3.13. The van der Waals surface area contributed by atoms with Crippen molar-refractivity contribution in [1.82, 2.24) is 9.97 Å². The maximum atomic E-state index is 13.3. The van der Waals surface area contributed by atoms with Gasteiger partial charge in [0.15, 0.2) is 5.78 Å². The van der Waals surface area contributed by atoms with Crippen LogP contribution < -0.4 is 5.32 Å². The number of benzene rings is 2. The van der Waals surface area contributed by atoms with E-state index in [0.717, 1.165) is 46.7 Å². The summed E-state index contributed by atoms with van der Waals surface area (Å²) in [6, 6.07) is 22.7. The fourth-order valence-corrected chi connectivity index (χ4v) is 4.66. The number of anilines is 2. The van der Waals surface area contributed by atoms with E-state index in [0.29, 0.717) is 6.42 Å². The number of para-hydroxylation sites is 1. The van der Waals surface area contributed by atoms with Crippen LogP contribution in [0.2, 0.25) is 0 Å². The molecule has 4 nitrogen and oxygen atoms in total. The molecule has 0 unspecified atom stereocenters. The molecule has 0 atom stereocenters. The van der Waals surface area contributed by atoms with Crippen molar-refractivity contribution in [1.29, 1.82) is 0 Å². The molecular weight excluding hydrogens is 394 g/mol. The Hall–Kier alpha value is -3.66. The number of ketones is 1. The van der Waals surface area contributed by atoms with Gasteiger partial charge in [0, 0.05) is 35.8 Å². The molecule has 1 aliphatic rings. The van der Waals surface area contributed by atoms with Crippen LogP contribution in [-0.2, 0) is 12.8 Å². The van der Waals surface area contributed by atoms with Crippen molar-refractivity contribution in [2.45, 2.75) is 33.1 Å². The second-order valence-electron chi connectivity index (χ2n) is 9.35. The molecule has 0 saturated heterocycles. The lowest BCUT2D eigenvalue weighted by molar-refractivity contribution is 0.0912. The SMILES string of the molecule is CC1(C)CC(=O)c2c([nH]c(-c3ccncc3)c2Nc2ccccc2Cc2ccccc2)C1. The van der Waals surface area contributed by atoms with Crippen LogP contribution >= 0.6 is 0 Å². The Balaban J connectivity index is 1.60. The molecule has 0 spiro atoms. The number of hydrogen-bond acceptors (Lipinski definition) is 3. The highest BCUT2D eigenvalue weighted by Crippen LogP contribution is 2.43. The number of carbonyl (C=O) groups is 1. The molecule has 4 aromatic rings. The van der Waals surface area contributed by atoms with Crippen LogP contribution in [0.4, 0.5) is 11.4 Å². The highest BCUT2D eigenvalue weighted by atomic mass is 16.1. The van der Waals surface area contributed by atoms with Gasteiger partial charge in [0.1, 0.15) is 0 Å². The molecule has 4 heteroatoms. The van der Waals surface area contributed by atoms with Crippen molar-refractivity contribution >= 4 is 17.2 Å². The van der Waals surface area contributed by atoms with Crippen molar-refractivity contribution < 1.29 is 4.79 Å². The standard InChI is InChI=1S/C28H27N3O/c1-28(2)17-23-25(24(32)18-28)27(26(31-23)20-12-14-29-15-13-20)30-22-11-7-6-10-21(22)16-19-8-4-3-5-9-19/h3-15,30-31H,16-18H2,1-2H3. The molecule has 2 heterocycles. The number of rotatable bonds is 5. The molecule has 160 valence electrons. The number of aromatic amines is 1. The van der Waals surface area contributed by atoms with Gasteiger partial charge in [-0.15, -0.1) is 0 Å². The van der Waals surface area contributed by atoms with Crippen LogP contribution in [0.5, 0.6) is 0 Å². The number of fused-ring (bicyclic) bond motifs is 1. The summed E-state index contributed by atoms with van der Waals surface area (Å²) in [5, 5.41) is 3.65. The Morgan fingerprint density at radius 2 is 1.66 bits per heavy atom. The monoisotopic (exact) mass is 421 g/mol. The van der Waals surface area contributed by atoms with E-state index >= 15 is 0 Å². The highest BCUT2D eigenvalue weighted by Gasteiger charge is 2.35. The Labute approximate surface area is 188 Å². The smallest absolute Gasteiger partial charge is 0.167 e. The summed E-state index contributed by atoms with van der Waals surface area (Å²) in [4.78, 5) is 21.0.